The number of methoxy groups -OCH3 is 1. The summed E-state index contributed by atoms with van der Waals surface area (Å²) in [6.45, 7) is 4.88. The second-order valence-corrected chi connectivity index (χ2v) is 5.37. The molecule has 1 aliphatic carbocycles. The minimum atomic E-state index is -0.870. The van der Waals surface area contributed by atoms with Crippen molar-refractivity contribution in [3.63, 3.8) is 0 Å². The van der Waals surface area contributed by atoms with E-state index in [0.29, 0.717) is 18.3 Å². The zero-order valence-corrected chi connectivity index (χ0v) is 12.4. The van der Waals surface area contributed by atoms with E-state index in [9.17, 15) is 4.79 Å². The van der Waals surface area contributed by atoms with Gasteiger partial charge in [-0.05, 0) is 45.2 Å². The van der Waals surface area contributed by atoms with Crippen molar-refractivity contribution in [2.24, 2.45) is 5.92 Å². The normalized spacial score (nSPS) is 17.4. The predicted octanol–water partition coefficient (Wildman–Crippen LogP) is 2.47. The highest BCUT2D eigenvalue weighted by Crippen LogP contribution is 2.33. The summed E-state index contributed by atoms with van der Waals surface area (Å²) in [5, 5.41) is 3.38. The van der Waals surface area contributed by atoms with E-state index in [4.69, 9.17) is 9.47 Å². The molecule has 0 aromatic heterocycles. The molecule has 0 saturated heterocycles. The molecule has 1 aliphatic rings. The van der Waals surface area contributed by atoms with Crippen LogP contribution in [0, 0.1) is 5.92 Å². The van der Waals surface area contributed by atoms with E-state index in [1.54, 1.807) is 7.11 Å². The fraction of sp³-hybridized carbons (Fsp3) is 0.562. The van der Waals surface area contributed by atoms with Crippen LogP contribution in [-0.2, 0) is 15.1 Å². The molecule has 1 aromatic carbocycles. The molecule has 0 spiro atoms. The molecule has 0 bridgehead atoms. The first-order valence-corrected chi connectivity index (χ1v) is 7.17. The molecule has 1 saturated carbocycles. The zero-order chi connectivity index (χ0) is 14.6. The Bertz CT molecular complexity index is 471. The van der Waals surface area contributed by atoms with Gasteiger partial charge in [-0.3, -0.25) is 5.32 Å². The van der Waals surface area contributed by atoms with Crippen LogP contribution < -0.4 is 10.1 Å². The summed E-state index contributed by atoms with van der Waals surface area (Å²) < 4.78 is 10.7. The zero-order valence-electron chi connectivity index (χ0n) is 12.4. The summed E-state index contributed by atoms with van der Waals surface area (Å²) in [6, 6.07) is 7.59. The van der Waals surface area contributed by atoms with E-state index in [2.05, 4.69) is 5.32 Å². The Kier molecular flexibility index (Phi) is 4.65. The molecular weight excluding hydrogens is 254 g/mol. The van der Waals surface area contributed by atoms with Gasteiger partial charge in [0.15, 0.2) is 0 Å². The van der Waals surface area contributed by atoms with Crippen LogP contribution in [0.1, 0.15) is 32.3 Å². The van der Waals surface area contributed by atoms with Crippen molar-refractivity contribution in [1.29, 1.82) is 0 Å². The van der Waals surface area contributed by atoms with Crippen LogP contribution in [0.3, 0.4) is 0 Å². The van der Waals surface area contributed by atoms with Crippen LogP contribution in [0.15, 0.2) is 24.3 Å². The number of carbonyl (C=O) groups excluding carboxylic acids is 1. The molecule has 0 radical (unpaired) electrons. The highest BCUT2D eigenvalue weighted by atomic mass is 16.5. The van der Waals surface area contributed by atoms with E-state index in [1.165, 1.54) is 12.8 Å². The van der Waals surface area contributed by atoms with Gasteiger partial charge in [0.1, 0.15) is 11.3 Å². The number of esters is 1. The van der Waals surface area contributed by atoms with Crippen molar-refractivity contribution in [2.75, 3.05) is 20.3 Å². The van der Waals surface area contributed by atoms with Crippen LogP contribution in [0.5, 0.6) is 5.75 Å². The van der Waals surface area contributed by atoms with Crippen LogP contribution in [0.4, 0.5) is 0 Å². The smallest absolute Gasteiger partial charge is 0.330 e. The summed E-state index contributed by atoms with van der Waals surface area (Å²) in [7, 11) is 1.62. The molecule has 0 heterocycles. The largest absolute Gasteiger partial charge is 0.496 e. The molecule has 1 unspecified atom stereocenters. The lowest BCUT2D eigenvalue weighted by atomic mass is 9.90. The SMILES string of the molecule is CCOC(=O)C(C)(NCC1CC1)c1ccccc1OC. The Morgan fingerprint density at radius 2 is 2.10 bits per heavy atom. The average Bonchev–Trinajstić information content (AvgIpc) is 3.29. The van der Waals surface area contributed by atoms with Crippen molar-refractivity contribution in [3.05, 3.63) is 29.8 Å². The molecule has 1 fully saturated rings. The first kappa shape index (κ1) is 14.9. The lowest BCUT2D eigenvalue weighted by Crippen LogP contribution is -2.48. The lowest BCUT2D eigenvalue weighted by molar-refractivity contribution is -0.151. The number of hydrogen-bond acceptors (Lipinski definition) is 4. The molecule has 0 aliphatic heterocycles. The van der Waals surface area contributed by atoms with Crippen molar-refractivity contribution < 1.29 is 14.3 Å². The molecule has 1 N–H and O–H groups in total. The number of benzene rings is 1. The second-order valence-electron chi connectivity index (χ2n) is 5.37. The maximum Gasteiger partial charge on any atom is 0.330 e. The lowest BCUT2D eigenvalue weighted by Gasteiger charge is -2.30. The molecule has 20 heavy (non-hydrogen) atoms. The molecule has 1 atom stereocenters. The third-order valence-corrected chi connectivity index (χ3v) is 3.77. The first-order valence-electron chi connectivity index (χ1n) is 7.17. The fourth-order valence-corrected chi connectivity index (χ4v) is 2.28. The minimum absolute atomic E-state index is 0.259. The highest BCUT2D eigenvalue weighted by Gasteiger charge is 2.40. The Labute approximate surface area is 120 Å². The number of nitrogens with one attached hydrogen (secondary N) is 1. The number of para-hydroxylation sites is 1. The fourth-order valence-electron chi connectivity index (χ4n) is 2.28. The molecule has 0 amide bonds. The molecular formula is C16H23NO3. The topological polar surface area (TPSA) is 47.6 Å². The van der Waals surface area contributed by atoms with Crippen molar-refractivity contribution in [1.82, 2.24) is 5.32 Å². The van der Waals surface area contributed by atoms with Gasteiger partial charge in [-0.25, -0.2) is 4.79 Å². The van der Waals surface area contributed by atoms with E-state index < -0.39 is 5.54 Å². The van der Waals surface area contributed by atoms with Gasteiger partial charge in [0.25, 0.3) is 0 Å². The van der Waals surface area contributed by atoms with E-state index in [-0.39, 0.29) is 5.97 Å². The Morgan fingerprint density at radius 1 is 1.40 bits per heavy atom. The van der Waals surface area contributed by atoms with Gasteiger partial charge in [-0.15, -0.1) is 0 Å². The van der Waals surface area contributed by atoms with Gasteiger partial charge in [0.05, 0.1) is 13.7 Å². The maximum absolute atomic E-state index is 12.4. The quantitative estimate of drug-likeness (QED) is 0.778. The highest BCUT2D eigenvalue weighted by molar-refractivity contribution is 5.83. The van der Waals surface area contributed by atoms with Crippen LogP contribution >= 0.6 is 0 Å². The monoisotopic (exact) mass is 277 g/mol. The maximum atomic E-state index is 12.4. The van der Waals surface area contributed by atoms with Crippen LogP contribution in [0.2, 0.25) is 0 Å². The third kappa shape index (κ3) is 3.12. The summed E-state index contributed by atoms with van der Waals surface area (Å²) in [4.78, 5) is 12.4. The van der Waals surface area contributed by atoms with E-state index in [0.717, 1.165) is 12.1 Å². The number of hydrogen-bond donors (Lipinski definition) is 1. The summed E-state index contributed by atoms with van der Waals surface area (Å²) in [6.07, 6.45) is 2.47. The first-order chi connectivity index (χ1) is 9.61. The van der Waals surface area contributed by atoms with Gasteiger partial charge in [-0.2, -0.15) is 0 Å². The second kappa shape index (κ2) is 6.27. The van der Waals surface area contributed by atoms with Gasteiger partial charge in [-0.1, -0.05) is 18.2 Å². The van der Waals surface area contributed by atoms with E-state index >= 15 is 0 Å². The van der Waals surface area contributed by atoms with Crippen molar-refractivity contribution in [2.45, 2.75) is 32.2 Å². The molecule has 4 nitrogen and oxygen atoms in total. The molecule has 2 rings (SSSR count). The Hall–Kier alpha value is -1.55. The van der Waals surface area contributed by atoms with Gasteiger partial charge in [0, 0.05) is 5.56 Å². The number of carbonyl (C=O) groups is 1. The van der Waals surface area contributed by atoms with Gasteiger partial charge < -0.3 is 9.47 Å². The number of ether oxygens (including phenoxy) is 2. The summed E-state index contributed by atoms with van der Waals surface area (Å²) in [5.41, 5.74) is -0.0489. The van der Waals surface area contributed by atoms with E-state index in [1.807, 2.05) is 38.1 Å². The van der Waals surface area contributed by atoms with Crippen LogP contribution in [-0.4, -0.2) is 26.2 Å². The van der Waals surface area contributed by atoms with Gasteiger partial charge in [0.2, 0.25) is 0 Å². The Balaban J connectivity index is 2.30. The third-order valence-electron chi connectivity index (χ3n) is 3.77. The van der Waals surface area contributed by atoms with Crippen LogP contribution in [0.25, 0.3) is 0 Å². The average molecular weight is 277 g/mol. The molecule has 4 heteroatoms. The molecule has 110 valence electrons. The summed E-state index contributed by atoms with van der Waals surface area (Å²) >= 11 is 0. The van der Waals surface area contributed by atoms with Crippen molar-refractivity contribution >= 4 is 5.97 Å². The predicted molar refractivity (Wildman–Crippen MR) is 77.7 cm³/mol. The van der Waals surface area contributed by atoms with Gasteiger partial charge >= 0.3 is 5.97 Å². The summed E-state index contributed by atoms with van der Waals surface area (Å²) in [5.74, 6) is 1.12. The standard InChI is InChI=1S/C16H23NO3/c1-4-20-15(18)16(2,17-11-12-9-10-12)13-7-5-6-8-14(13)19-3/h5-8,12,17H,4,9-11H2,1-3H3. The molecule has 1 aromatic rings. The Morgan fingerprint density at radius 3 is 2.70 bits per heavy atom. The minimum Gasteiger partial charge on any atom is -0.496 e. The number of rotatable bonds is 7. The van der Waals surface area contributed by atoms with Crippen molar-refractivity contribution in [3.8, 4) is 5.75 Å².